The van der Waals surface area contributed by atoms with Gasteiger partial charge in [-0.25, -0.2) is 4.79 Å². The van der Waals surface area contributed by atoms with Crippen molar-refractivity contribution >= 4 is 34.6 Å². The Morgan fingerprint density at radius 2 is 2.13 bits per heavy atom. The number of esters is 1. The minimum Gasteiger partial charge on any atom is -0.496 e. The van der Waals surface area contributed by atoms with Crippen LogP contribution in [0.5, 0.6) is 5.75 Å². The average Bonchev–Trinajstić information content (AvgIpc) is 3.07. The summed E-state index contributed by atoms with van der Waals surface area (Å²) in [5, 5.41) is 15.0. The maximum atomic E-state index is 11.8. The molecule has 0 aliphatic carbocycles. The molecule has 1 N–H and O–H groups in total. The zero-order chi connectivity index (χ0) is 16.8. The van der Waals surface area contributed by atoms with E-state index in [9.17, 15) is 19.7 Å². The molecule has 120 valence electrons. The number of rotatable bonds is 6. The first-order chi connectivity index (χ1) is 11.0. The summed E-state index contributed by atoms with van der Waals surface area (Å²) in [7, 11) is 1.38. The van der Waals surface area contributed by atoms with Crippen molar-refractivity contribution in [3.63, 3.8) is 0 Å². The van der Waals surface area contributed by atoms with Crippen molar-refractivity contribution in [1.29, 1.82) is 0 Å². The van der Waals surface area contributed by atoms with Crippen LogP contribution in [0, 0.1) is 10.1 Å². The highest BCUT2D eigenvalue weighted by Crippen LogP contribution is 2.28. The van der Waals surface area contributed by atoms with Gasteiger partial charge >= 0.3 is 5.97 Å². The molecular weight excluding hydrogens is 324 g/mol. The van der Waals surface area contributed by atoms with Crippen molar-refractivity contribution < 1.29 is 24.0 Å². The zero-order valence-corrected chi connectivity index (χ0v) is 12.8. The van der Waals surface area contributed by atoms with Gasteiger partial charge in [-0.15, -0.1) is 11.3 Å². The Hall–Kier alpha value is -2.94. The monoisotopic (exact) mass is 336 g/mol. The number of methoxy groups -OCH3 is 1. The van der Waals surface area contributed by atoms with E-state index >= 15 is 0 Å². The van der Waals surface area contributed by atoms with Crippen LogP contribution in [0.2, 0.25) is 0 Å². The number of nitrogens with zero attached hydrogens (tertiary/aromatic N) is 1. The summed E-state index contributed by atoms with van der Waals surface area (Å²) in [5.74, 6) is -1.01. The molecule has 0 saturated carbocycles. The topological polar surface area (TPSA) is 108 Å². The van der Waals surface area contributed by atoms with Crippen LogP contribution < -0.4 is 10.1 Å². The Morgan fingerprint density at radius 3 is 2.74 bits per heavy atom. The van der Waals surface area contributed by atoms with Crippen LogP contribution >= 0.6 is 11.3 Å². The highest BCUT2D eigenvalue weighted by Gasteiger charge is 2.18. The highest BCUT2D eigenvalue weighted by molar-refractivity contribution is 7.11. The third-order valence-corrected chi connectivity index (χ3v) is 3.58. The van der Waals surface area contributed by atoms with E-state index in [1.165, 1.54) is 36.6 Å². The first-order valence-electron chi connectivity index (χ1n) is 6.34. The Bertz CT molecular complexity index is 729. The maximum Gasteiger partial charge on any atom is 0.348 e. The molecule has 0 saturated heterocycles. The molecule has 1 aromatic heterocycles. The lowest BCUT2D eigenvalue weighted by Crippen LogP contribution is -2.21. The van der Waals surface area contributed by atoms with Gasteiger partial charge in [-0.1, -0.05) is 6.07 Å². The molecule has 9 heteroatoms. The fourth-order valence-electron chi connectivity index (χ4n) is 1.68. The Labute approximate surface area is 134 Å². The summed E-state index contributed by atoms with van der Waals surface area (Å²) in [6, 6.07) is 7.25. The van der Waals surface area contributed by atoms with Crippen LogP contribution in [0.1, 0.15) is 9.67 Å². The highest BCUT2D eigenvalue weighted by atomic mass is 32.1. The van der Waals surface area contributed by atoms with Crippen molar-refractivity contribution in [2.24, 2.45) is 0 Å². The molecule has 2 rings (SSSR count). The van der Waals surface area contributed by atoms with Crippen molar-refractivity contribution in [3.8, 4) is 5.75 Å². The van der Waals surface area contributed by atoms with Gasteiger partial charge in [0.15, 0.2) is 6.61 Å². The standard InChI is InChI=1S/C14H12N2O6S/c1-21-9-4-5-10(11(7-9)16(19)20)15-13(17)8-22-14(18)12-3-2-6-23-12/h2-7H,8H2,1H3,(H,15,17). The minimum atomic E-state index is -0.678. The number of thiophene rings is 1. The van der Waals surface area contributed by atoms with E-state index in [4.69, 9.17) is 9.47 Å². The number of ether oxygens (including phenoxy) is 2. The number of hydrogen-bond donors (Lipinski definition) is 1. The normalized spacial score (nSPS) is 9.96. The zero-order valence-electron chi connectivity index (χ0n) is 12.0. The van der Waals surface area contributed by atoms with Gasteiger partial charge in [0.1, 0.15) is 16.3 Å². The molecule has 1 heterocycles. The lowest BCUT2D eigenvalue weighted by atomic mass is 10.2. The summed E-state index contributed by atoms with van der Waals surface area (Å²) >= 11 is 1.19. The summed E-state index contributed by atoms with van der Waals surface area (Å²) in [4.78, 5) is 34.1. The van der Waals surface area contributed by atoms with E-state index in [1.54, 1.807) is 17.5 Å². The molecule has 1 aromatic carbocycles. The number of nitro groups is 1. The number of hydrogen-bond acceptors (Lipinski definition) is 7. The average molecular weight is 336 g/mol. The van der Waals surface area contributed by atoms with Gasteiger partial charge in [0.25, 0.3) is 11.6 Å². The molecule has 0 radical (unpaired) electrons. The lowest BCUT2D eigenvalue weighted by molar-refractivity contribution is -0.384. The summed E-state index contributed by atoms with van der Waals surface area (Å²) < 4.78 is 9.73. The Balaban J connectivity index is 2.00. The molecule has 0 unspecified atom stereocenters. The predicted molar refractivity (Wildman–Crippen MR) is 82.9 cm³/mol. The largest absolute Gasteiger partial charge is 0.496 e. The minimum absolute atomic E-state index is 0.00651. The van der Waals surface area contributed by atoms with Crippen LogP contribution in [0.15, 0.2) is 35.7 Å². The lowest BCUT2D eigenvalue weighted by Gasteiger charge is -2.08. The molecule has 0 fully saturated rings. The van der Waals surface area contributed by atoms with E-state index in [0.717, 1.165) is 0 Å². The first kappa shape index (κ1) is 16.4. The van der Waals surface area contributed by atoms with Crippen molar-refractivity contribution in [1.82, 2.24) is 0 Å². The molecule has 0 aliphatic rings. The van der Waals surface area contributed by atoms with Crippen molar-refractivity contribution in [2.45, 2.75) is 0 Å². The third-order valence-electron chi connectivity index (χ3n) is 2.73. The molecule has 23 heavy (non-hydrogen) atoms. The van der Waals surface area contributed by atoms with Gasteiger partial charge in [-0.3, -0.25) is 14.9 Å². The Morgan fingerprint density at radius 1 is 1.35 bits per heavy atom. The first-order valence-corrected chi connectivity index (χ1v) is 7.22. The Kier molecular flexibility index (Phi) is 5.26. The summed E-state index contributed by atoms with van der Waals surface area (Å²) in [6.07, 6.45) is 0. The van der Waals surface area contributed by atoms with Crippen LogP contribution in [0.4, 0.5) is 11.4 Å². The molecule has 0 spiro atoms. The quantitative estimate of drug-likeness (QED) is 0.493. The number of nitrogens with one attached hydrogen (secondary N) is 1. The van der Waals surface area contributed by atoms with Crippen LogP contribution in [0.25, 0.3) is 0 Å². The number of nitro benzene ring substituents is 1. The van der Waals surface area contributed by atoms with Crippen LogP contribution in [-0.2, 0) is 9.53 Å². The number of benzene rings is 1. The van der Waals surface area contributed by atoms with Crippen molar-refractivity contribution in [3.05, 3.63) is 50.7 Å². The van der Waals surface area contributed by atoms with Crippen molar-refractivity contribution in [2.75, 3.05) is 19.0 Å². The van der Waals surface area contributed by atoms with E-state index in [0.29, 0.717) is 10.6 Å². The second-order valence-electron chi connectivity index (χ2n) is 4.24. The van der Waals surface area contributed by atoms with Crippen LogP contribution in [0.3, 0.4) is 0 Å². The van der Waals surface area contributed by atoms with Gasteiger partial charge in [-0.2, -0.15) is 0 Å². The molecule has 0 aliphatic heterocycles. The molecule has 2 aromatic rings. The maximum absolute atomic E-state index is 11.8. The number of amides is 1. The van der Waals surface area contributed by atoms with Gasteiger partial charge < -0.3 is 14.8 Å². The fourth-order valence-corrected chi connectivity index (χ4v) is 2.29. The second-order valence-corrected chi connectivity index (χ2v) is 5.19. The van der Waals surface area contributed by atoms with E-state index in [1.807, 2.05) is 0 Å². The molecule has 8 nitrogen and oxygen atoms in total. The summed E-state index contributed by atoms with van der Waals surface area (Å²) in [5.41, 5.74) is -0.324. The SMILES string of the molecule is COc1ccc(NC(=O)COC(=O)c2cccs2)c([N+](=O)[O-])c1. The van der Waals surface area contributed by atoms with E-state index in [-0.39, 0.29) is 11.4 Å². The number of carbonyl (C=O) groups excluding carboxylic acids is 2. The molecule has 1 amide bonds. The molecular formula is C14H12N2O6S. The number of carbonyl (C=O) groups is 2. The molecule has 0 atom stereocenters. The third kappa shape index (κ3) is 4.27. The van der Waals surface area contributed by atoms with E-state index in [2.05, 4.69) is 5.32 Å². The predicted octanol–water partition coefficient (Wildman–Crippen LogP) is 2.46. The van der Waals surface area contributed by atoms with Crippen LogP contribution in [-0.4, -0.2) is 30.5 Å². The fraction of sp³-hybridized carbons (Fsp3) is 0.143. The van der Waals surface area contributed by atoms with E-state index < -0.39 is 23.4 Å². The number of anilines is 1. The molecule has 0 bridgehead atoms. The smallest absolute Gasteiger partial charge is 0.348 e. The van der Waals surface area contributed by atoms with Gasteiger partial charge in [0.05, 0.1) is 18.1 Å². The van der Waals surface area contributed by atoms with Gasteiger partial charge in [-0.05, 0) is 23.6 Å². The summed E-state index contributed by atoms with van der Waals surface area (Å²) in [6.45, 7) is -0.542. The second kappa shape index (κ2) is 7.36. The van der Waals surface area contributed by atoms with Gasteiger partial charge in [0.2, 0.25) is 0 Å². The van der Waals surface area contributed by atoms with Gasteiger partial charge in [0, 0.05) is 0 Å².